The van der Waals surface area contributed by atoms with Crippen LogP contribution in [0.1, 0.15) is 257 Å². The van der Waals surface area contributed by atoms with Crippen molar-refractivity contribution < 1.29 is 13.3 Å². The number of hydrogen-bond donors (Lipinski definition) is 0. The van der Waals surface area contributed by atoms with Crippen LogP contribution < -0.4 is 0 Å². The number of hydrogen-bond acceptors (Lipinski definition) is 3. The molecule has 0 aromatic carbocycles. The van der Waals surface area contributed by atoms with Gasteiger partial charge in [-0.15, -0.1) is 0 Å². The van der Waals surface area contributed by atoms with Gasteiger partial charge in [0.2, 0.25) is 0 Å². The molecule has 328 valence electrons. The predicted molar refractivity (Wildman–Crippen MR) is 250 cm³/mol. The molecule has 0 fully saturated rings. The van der Waals surface area contributed by atoms with Crippen molar-refractivity contribution in [2.45, 2.75) is 262 Å². The summed E-state index contributed by atoms with van der Waals surface area (Å²) >= 11 is 0. The van der Waals surface area contributed by atoms with Gasteiger partial charge in [-0.1, -0.05) is 201 Å². The third-order valence-electron chi connectivity index (χ3n) is 14.7. The molecule has 0 N–H and O–H groups in total. The van der Waals surface area contributed by atoms with Crippen LogP contribution in [0.15, 0.2) is 46.6 Å². The van der Waals surface area contributed by atoms with Gasteiger partial charge in [-0.3, -0.25) is 0 Å². The molecule has 0 saturated carbocycles. The van der Waals surface area contributed by atoms with Crippen molar-refractivity contribution in [1.29, 1.82) is 0 Å². The Morgan fingerprint density at radius 1 is 0.333 bits per heavy atom. The molecule has 0 heterocycles. The Bertz CT molecular complexity index is 1060. The van der Waals surface area contributed by atoms with Crippen molar-refractivity contribution >= 4 is 8.80 Å². The summed E-state index contributed by atoms with van der Waals surface area (Å²) in [7, 11) is 2.54. The highest BCUT2D eigenvalue weighted by molar-refractivity contribution is 6.63. The molecule has 0 amide bonds. The Morgan fingerprint density at radius 3 is 0.877 bits per heavy atom. The molecule has 4 heteroatoms. The molecule has 57 heavy (non-hydrogen) atoms. The minimum absolute atomic E-state index is 0.0606. The van der Waals surface area contributed by atoms with E-state index >= 15 is 0 Å². The van der Waals surface area contributed by atoms with Crippen molar-refractivity contribution in [1.82, 2.24) is 0 Å². The summed E-state index contributed by atoms with van der Waals surface area (Å²) in [5, 5.41) is 0. The van der Waals surface area contributed by atoms with E-state index in [1.807, 2.05) is 21.3 Å². The van der Waals surface area contributed by atoms with E-state index in [1.54, 1.807) is 22.3 Å². The first kappa shape index (κ1) is 48.7. The van der Waals surface area contributed by atoms with E-state index < -0.39 is 8.80 Å². The predicted octanol–water partition coefficient (Wildman–Crippen LogP) is 17.6. The minimum Gasteiger partial charge on any atom is -0.376 e. The van der Waals surface area contributed by atoms with E-state index in [0.29, 0.717) is 0 Å². The molecule has 1 atom stereocenters. The highest BCUT2D eigenvalue weighted by atomic mass is 28.4. The molecule has 0 radical (unpaired) electrons. The summed E-state index contributed by atoms with van der Waals surface area (Å²) in [6.07, 6.45) is 64.3. The maximum absolute atomic E-state index is 6.99. The Balaban J connectivity index is 2.12. The highest BCUT2D eigenvalue weighted by Crippen LogP contribution is 2.63. The van der Waals surface area contributed by atoms with E-state index in [4.69, 9.17) is 13.3 Å². The van der Waals surface area contributed by atoms with Gasteiger partial charge in [0.1, 0.15) is 0 Å². The summed E-state index contributed by atoms with van der Waals surface area (Å²) in [6.45, 7) is 0. The van der Waals surface area contributed by atoms with Gasteiger partial charge in [0.25, 0.3) is 0 Å². The van der Waals surface area contributed by atoms with Gasteiger partial charge < -0.3 is 13.3 Å². The van der Waals surface area contributed by atoms with Crippen LogP contribution in [-0.4, -0.2) is 30.1 Å². The summed E-state index contributed by atoms with van der Waals surface area (Å²) in [5.74, 6) is 0. The summed E-state index contributed by atoms with van der Waals surface area (Å²) in [4.78, 5) is 0. The van der Waals surface area contributed by atoms with Gasteiger partial charge in [0.15, 0.2) is 0 Å². The first-order chi connectivity index (χ1) is 28.2. The molecule has 4 aliphatic rings. The van der Waals surface area contributed by atoms with Gasteiger partial charge in [-0.05, 0) is 103 Å². The van der Waals surface area contributed by atoms with Crippen molar-refractivity contribution in [2.24, 2.45) is 5.41 Å². The van der Waals surface area contributed by atoms with Crippen molar-refractivity contribution in [3.05, 3.63) is 46.6 Å². The van der Waals surface area contributed by atoms with E-state index in [-0.39, 0.29) is 11.0 Å². The molecule has 0 aliphatic heterocycles. The third-order valence-corrected chi connectivity index (χ3v) is 17.9. The topological polar surface area (TPSA) is 27.7 Å². The standard InChI is InChI=1S/C53H94O3Si/c1-54-57(55-2,56-3)52(48-40-32-24-16-8-4-9-17-25-33-41-48)53(49-42-34-26-18-10-5-11-19-27-35-43-49,50-44-36-28-20-12-6-13-21-29-37-45-50)51-46-38-30-22-14-7-15-23-31-39-47-51/h40,42,44,46,52H,4-39,41,43,45,47H2,1-3H3. The second kappa shape index (κ2) is 30.1. The molecular weight excluding hydrogens is 713 g/mol. The zero-order valence-electron chi connectivity index (χ0n) is 38.4. The molecule has 0 aromatic heterocycles. The van der Waals surface area contributed by atoms with Gasteiger partial charge in [-0.2, -0.15) is 0 Å². The van der Waals surface area contributed by atoms with Crippen LogP contribution >= 0.6 is 0 Å². The zero-order valence-corrected chi connectivity index (χ0v) is 39.4. The van der Waals surface area contributed by atoms with E-state index in [1.165, 1.54) is 250 Å². The fourth-order valence-electron chi connectivity index (χ4n) is 11.5. The highest BCUT2D eigenvalue weighted by Gasteiger charge is 2.62. The van der Waals surface area contributed by atoms with Gasteiger partial charge in [-0.25, -0.2) is 0 Å². The molecule has 0 bridgehead atoms. The molecule has 1 unspecified atom stereocenters. The van der Waals surface area contributed by atoms with Crippen LogP contribution in [0.5, 0.6) is 0 Å². The second-order valence-corrected chi connectivity index (χ2v) is 21.9. The molecule has 3 nitrogen and oxygen atoms in total. The van der Waals surface area contributed by atoms with Gasteiger partial charge in [0, 0.05) is 26.7 Å². The lowest BCUT2D eigenvalue weighted by Crippen LogP contribution is -2.56. The van der Waals surface area contributed by atoms with Crippen LogP contribution in [0.4, 0.5) is 0 Å². The largest absolute Gasteiger partial charge is 0.509 e. The molecular formula is C53H94O3Si. The summed E-state index contributed by atoms with van der Waals surface area (Å²) in [5.41, 5.74) is 6.62. The molecule has 4 rings (SSSR count). The molecule has 0 aromatic rings. The minimum atomic E-state index is -3.31. The molecule has 4 aliphatic carbocycles. The Hall–Kier alpha value is -0.943. The van der Waals surface area contributed by atoms with Crippen LogP contribution in [0, 0.1) is 5.41 Å². The lowest BCUT2D eigenvalue weighted by atomic mass is 9.59. The van der Waals surface area contributed by atoms with E-state index in [0.717, 1.165) is 6.42 Å². The fraction of sp³-hybridized carbons (Fsp3) is 0.849. The first-order valence-corrected chi connectivity index (χ1v) is 27.5. The number of allylic oxidation sites excluding steroid dienone is 8. The summed E-state index contributed by atoms with van der Waals surface area (Å²) < 4.78 is 21.0. The monoisotopic (exact) mass is 807 g/mol. The zero-order chi connectivity index (χ0) is 40.1. The third kappa shape index (κ3) is 16.1. The Kier molecular flexibility index (Phi) is 25.8. The maximum Gasteiger partial charge on any atom is 0.509 e. The van der Waals surface area contributed by atoms with E-state index in [2.05, 4.69) is 24.3 Å². The van der Waals surface area contributed by atoms with Gasteiger partial charge in [0.05, 0.1) is 5.54 Å². The van der Waals surface area contributed by atoms with Gasteiger partial charge >= 0.3 is 8.80 Å². The van der Waals surface area contributed by atoms with Crippen molar-refractivity contribution in [2.75, 3.05) is 21.3 Å². The summed E-state index contributed by atoms with van der Waals surface area (Å²) in [6, 6.07) is 0. The first-order valence-electron chi connectivity index (χ1n) is 25.7. The second-order valence-electron chi connectivity index (χ2n) is 18.9. The average molecular weight is 807 g/mol. The van der Waals surface area contributed by atoms with Crippen molar-refractivity contribution in [3.8, 4) is 0 Å². The van der Waals surface area contributed by atoms with Crippen LogP contribution in [-0.2, 0) is 13.3 Å². The maximum atomic E-state index is 6.99. The SMILES string of the molecule is CO[Si](OC)(OC)C(C1=CCCCCCCCCCC1)C(C1=CCCCCCCCCCC1)(C1=CCCCCCCCCCC1)C1=CCCCCCCCCCC1. The number of rotatable bonds is 9. The quantitative estimate of drug-likeness (QED) is 0.172. The Morgan fingerprint density at radius 2 is 0.579 bits per heavy atom. The smallest absolute Gasteiger partial charge is 0.376 e. The van der Waals surface area contributed by atoms with Crippen LogP contribution in [0.3, 0.4) is 0 Å². The molecule has 0 spiro atoms. The lowest BCUT2D eigenvalue weighted by Gasteiger charge is -2.52. The van der Waals surface area contributed by atoms with E-state index in [9.17, 15) is 0 Å². The van der Waals surface area contributed by atoms with Crippen molar-refractivity contribution in [3.63, 3.8) is 0 Å². The fourth-order valence-corrected chi connectivity index (χ4v) is 14.5. The Labute approximate surface area is 356 Å². The molecule has 0 saturated heterocycles. The normalized spacial score (nSPS) is 24.8. The average Bonchev–Trinajstić information content (AvgIpc) is 3.20. The van der Waals surface area contributed by atoms with Crippen LogP contribution in [0.25, 0.3) is 0 Å². The lowest BCUT2D eigenvalue weighted by molar-refractivity contribution is 0.102. The van der Waals surface area contributed by atoms with Crippen LogP contribution in [0.2, 0.25) is 5.54 Å².